The molecule has 0 aliphatic carbocycles. The van der Waals surface area contributed by atoms with Crippen molar-refractivity contribution >= 4 is 11.8 Å². The van der Waals surface area contributed by atoms with Crippen LogP contribution in [0.15, 0.2) is 0 Å². The Labute approximate surface area is 470 Å². The molecule has 0 saturated carbocycles. The number of hydrogen-bond donors (Lipinski definition) is 22. The fourth-order valence-corrected chi connectivity index (χ4v) is 10.7. The molecule has 7 heterocycles. The number of aliphatic hydroxyl groups is 20. The van der Waals surface area contributed by atoms with E-state index in [-0.39, 0.29) is 0 Å². The molecule has 0 aromatic heterocycles. The van der Waals surface area contributed by atoms with Gasteiger partial charge in [-0.25, -0.2) is 0 Å². The van der Waals surface area contributed by atoms with E-state index in [0.717, 1.165) is 13.8 Å². The molecule has 0 unspecified atom stereocenters. The number of nitrogens with one attached hydrogen (secondary N) is 2. The monoisotopic (exact) mass is 1220 g/mol. The molecule has 37 nitrogen and oxygen atoms in total. The van der Waals surface area contributed by atoms with Gasteiger partial charge in [0, 0.05) is 13.8 Å². The Balaban J connectivity index is 1.13. The summed E-state index contributed by atoms with van der Waals surface area (Å²) in [6.45, 7) is -2.85. The maximum atomic E-state index is 12.9. The van der Waals surface area contributed by atoms with E-state index in [9.17, 15) is 112 Å². The van der Waals surface area contributed by atoms with Gasteiger partial charge in [-0.3, -0.25) is 9.59 Å². The highest BCUT2D eigenvalue weighted by Crippen LogP contribution is 2.38. The Morgan fingerprint density at radius 1 is 0.313 bits per heavy atom. The molecule has 35 atom stereocenters. The van der Waals surface area contributed by atoms with Gasteiger partial charge in [0.15, 0.2) is 44.0 Å². The highest BCUT2D eigenvalue weighted by Gasteiger charge is 2.59. The van der Waals surface area contributed by atoms with Crippen molar-refractivity contribution in [2.75, 3.05) is 39.6 Å². The third-order valence-corrected chi connectivity index (χ3v) is 15.3. The van der Waals surface area contributed by atoms with Crippen molar-refractivity contribution in [1.29, 1.82) is 0 Å². The van der Waals surface area contributed by atoms with Gasteiger partial charge in [0.05, 0.1) is 45.7 Å². The SMILES string of the molecule is CC(=O)N[C@H]1[C@H](O[C@H]2[C@@H](O)[C@@H](CO)O[C@@H](O[C@H]3[C@H](O)[C@@H](CO)O[C@@H](O[C@H]4[C@@H](O)[C@@H](CO)O[C@@H](O[C@H]5[C@H](O)[C@@H](O)[C@H](O)O[C@@H]5CO)[C@@H]4O)[C@@H]3NC(C)=O)[C@@H]2O)O[C@H](CO)[C@@H](O[C@@H]2O[C@H](CO)[C@H](O)[C@H](O)[C@H]2O[C@@H]2O[C@@H](C)[C@@H](O)[C@@H](O)[C@@H]2O)[C@@H]1O. The number of ether oxygens (including phenoxy) is 13. The van der Waals surface area contributed by atoms with Gasteiger partial charge in [-0.2, -0.15) is 0 Å². The van der Waals surface area contributed by atoms with Gasteiger partial charge in [0.25, 0.3) is 0 Å². The van der Waals surface area contributed by atoms with Gasteiger partial charge in [0.2, 0.25) is 11.8 Å². The maximum absolute atomic E-state index is 12.9. The lowest BCUT2D eigenvalue weighted by atomic mass is 9.93. The number of hydrogen-bond acceptors (Lipinski definition) is 35. The first kappa shape index (κ1) is 68.1. The summed E-state index contributed by atoms with van der Waals surface area (Å²) in [7, 11) is 0. The second kappa shape index (κ2) is 29.3. The van der Waals surface area contributed by atoms with E-state index in [4.69, 9.17) is 61.6 Å². The van der Waals surface area contributed by atoms with Gasteiger partial charge in [-0.15, -0.1) is 0 Å². The fourth-order valence-electron chi connectivity index (χ4n) is 10.7. The summed E-state index contributed by atoms with van der Waals surface area (Å²) >= 11 is 0. The van der Waals surface area contributed by atoms with Crippen LogP contribution in [0.4, 0.5) is 0 Å². The number of carbonyl (C=O) groups is 2. The molecule has 7 rings (SSSR count). The van der Waals surface area contributed by atoms with Crippen LogP contribution in [-0.2, 0) is 71.2 Å². The van der Waals surface area contributed by atoms with Crippen molar-refractivity contribution in [2.24, 2.45) is 0 Å². The molecular weight excluding hydrogens is 1140 g/mol. The van der Waals surface area contributed by atoms with Crippen LogP contribution in [0.1, 0.15) is 20.8 Å². The summed E-state index contributed by atoms with van der Waals surface area (Å²) in [4.78, 5) is 25.6. The number of carbonyl (C=O) groups excluding carboxylic acids is 2. The summed E-state index contributed by atoms with van der Waals surface area (Å²) in [5, 5.41) is 221. The summed E-state index contributed by atoms with van der Waals surface area (Å²) in [5.74, 6) is -1.79. The summed E-state index contributed by atoms with van der Waals surface area (Å²) in [6.07, 6.45) is -63.4. The minimum Gasteiger partial charge on any atom is -0.394 e. The number of amides is 2. The van der Waals surface area contributed by atoms with E-state index in [1.54, 1.807) is 0 Å². The van der Waals surface area contributed by atoms with Crippen LogP contribution in [0, 0.1) is 0 Å². The first-order chi connectivity index (χ1) is 39.2. The largest absolute Gasteiger partial charge is 0.394 e. The second-order valence-corrected chi connectivity index (χ2v) is 21.0. The van der Waals surface area contributed by atoms with Crippen LogP contribution in [0.3, 0.4) is 0 Å². The molecule has 482 valence electrons. The van der Waals surface area contributed by atoms with E-state index in [0.29, 0.717) is 0 Å². The molecular formula is C46H78N2O35. The summed E-state index contributed by atoms with van der Waals surface area (Å²) < 4.78 is 74.8. The maximum Gasteiger partial charge on any atom is 0.217 e. The van der Waals surface area contributed by atoms with Crippen molar-refractivity contribution in [2.45, 2.75) is 236 Å². The molecule has 7 aliphatic heterocycles. The zero-order valence-electron chi connectivity index (χ0n) is 44.5. The van der Waals surface area contributed by atoms with Crippen molar-refractivity contribution in [3.8, 4) is 0 Å². The van der Waals surface area contributed by atoms with Gasteiger partial charge in [-0.05, 0) is 6.92 Å². The normalized spacial score (nSPS) is 50.8. The van der Waals surface area contributed by atoms with Crippen LogP contribution in [0.2, 0.25) is 0 Å². The number of rotatable bonds is 20. The van der Waals surface area contributed by atoms with Crippen molar-refractivity contribution in [3.05, 3.63) is 0 Å². The zero-order chi connectivity index (χ0) is 61.2. The third-order valence-electron chi connectivity index (χ3n) is 15.3. The smallest absolute Gasteiger partial charge is 0.217 e. The second-order valence-electron chi connectivity index (χ2n) is 21.0. The van der Waals surface area contributed by atoms with Crippen LogP contribution in [-0.4, -0.2) is 368 Å². The molecule has 7 aliphatic rings. The summed E-state index contributed by atoms with van der Waals surface area (Å²) in [5.41, 5.74) is 0. The van der Waals surface area contributed by atoms with Crippen LogP contribution in [0.5, 0.6) is 0 Å². The van der Waals surface area contributed by atoms with E-state index >= 15 is 0 Å². The average Bonchev–Trinajstić information content (AvgIpc) is 3.65. The fraction of sp³-hybridized carbons (Fsp3) is 0.957. The van der Waals surface area contributed by atoms with E-state index in [1.165, 1.54) is 6.92 Å². The average molecular weight is 1220 g/mol. The molecule has 22 N–H and O–H groups in total. The molecule has 83 heavy (non-hydrogen) atoms. The lowest BCUT2D eigenvalue weighted by molar-refractivity contribution is -0.392. The molecule has 37 heteroatoms. The topological polar surface area (TPSA) is 583 Å². The quantitative estimate of drug-likeness (QED) is 0.0538. The first-order valence-corrected chi connectivity index (χ1v) is 26.5. The minimum absolute atomic E-state index is 0.890. The molecule has 7 saturated heterocycles. The van der Waals surface area contributed by atoms with Crippen LogP contribution in [0.25, 0.3) is 0 Å². The van der Waals surface area contributed by atoms with E-state index < -0.39 is 266 Å². The molecule has 2 amide bonds. The Hall–Kier alpha value is -2.38. The molecule has 7 fully saturated rings. The number of aliphatic hydroxyl groups excluding tert-OH is 20. The Morgan fingerprint density at radius 2 is 0.663 bits per heavy atom. The highest BCUT2D eigenvalue weighted by molar-refractivity contribution is 5.73. The molecule has 0 radical (unpaired) electrons. The van der Waals surface area contributed by atoms with E-state index in [1.807, 2.05) is 0 Å². The Morgan fingerprint density at radius 3 is 1.17 bits per heavy atom. The van der Waals surface area contributed by atoms with Gasteiger partial charge in [-0.1, -0.05) is 0 Å². The predicted octanol–water partition coefficient (Wildman–Crippen LogP) is -15.0. The Kier molecular flexibility index (Phi) is 24.0. The van der Waals surface area contributed by atoms with Gasteiger partial charge < -0.3 is 174 Å². The Bertz CT molecular complexity index is 2050. The molecule has 0 aromatic carbocycles. The van der Waals surface area contributed by atoms with Crippen LogP contribution < -0.4 is 10.6 Å². The van der Waals surface area contributed by atoms with Crippen LogP contribution >= 0.6 is 0 Å². The lowest BCUT2D eigenvalue weighted by Gasteiger charge is -2.51. The molecule has 0 spiro atoms. The molecule has 0 bridgehead atoms. The lowest BCUT2D eigenvalue weighted by Crippen LogP contribution is -2.71. The van der Waals surface area contributed by atoms with Gasteiger partial charge >= 0.3 is 0 Å². The zero-order valence-corrected chi connectivity index (χ0v) is 44.5. The first-order valence-electron chi connectivity index (χ1n) is 26.5. The standard InChI is InChI=1S/C46H78N2O35/c1-10-21(57)27(63)31(67)43(71-10)83-39-28(64)22(58)13(4-49)76-46(39)79-34-18(9-54)77-41(19(26(34)62)47-11(2)55)81-37-24(60)16(7-52)75-45(33(37)69)80-36-20(48-12(3)56)42(73-14(5-50)23(36)59)82-38-25(61)15(6-51)74-44(32(38)68)78-35-17(8-53)72-40(70)30(66)29(35)65/h10,13-46,49-54,57-70H,4-9H2,1-3H3,(H,47,55)(H,48,56)/t10-,13+,14+,15+,16+,17+,18+,19+,20+,21+,22-,23+,24-,25-,26+,27+,28-,29+,30+,31-,32+,33+,34+,35+,36+,37-,38-,39+,40+,41-,42-,43-,44-,45-,46-/m0/s1. The summed E-state index contributed by atoms with van der Waals surface area (Å²) in [6, 6.07) is -3.70. The highest BCUT2D eigenvalue weighted by atomic mass is 16.8. The minimum atomic E-state index is -2.31. The van der Waals surface area contributed by atoms with Crippen molar-refractivity contribution in [1.82, 2.24) is 10.6 Å². The predicted molar refractivity (Wildman–Crippen MR) is 254 cm³/mol. The van der Waals surface area contributed by atoms with E-state index in [2.05, 4.69) is 10.6 Å². The van der Waals surface area contributed by atoms with Crippen molar-refractivity contribution < 1.29 is 173 Å². The van der Waals surface area contributed by atoms with Gasteiger partial charge in [0.1, 0.15) is 165 Å². The molecule has 0 aromatic rings. The van der Waals surface area contributed by atoms with Crippen molar-refractivity contribution in [3.63, 3.8) is 0 Å². The third kappa shape index (κ3) is 14.5.